The number of ether oxygens (including phenoxy) is 6. The number of hydrogen-bond donors (Lipinski definition) is 4. The average molecular weight is 607 g/mol. The number of aryl methyl sites for hydroxylation is 4. The maximum atomic E-state index is 10.9. The van der Waals surface area contributed by atoms with Crippen LogP contribution in [0.2, 0.25) is 0 Å². The Hall–Kier alpha value is -5.12. The average Bonchev–Trinajstić information content (AvgIpc) is 3.03. The Bertz CT molecular complexity index is 1460. The summed E-state index contributed by atoms with van der Waals surface area (Å²) in [5.74, 6) is 2.63. The minimum absolute atomic E-state index is 0.0596. The maximum Gasteiger partial charge on any atom is 0.203 e. The Morgan fingerprint density at radius 2 is 0.705 bits per heavy atom. The quantitative estimate of drug-likeness (QED) is 0.138. The Balaban J connectivity index is 1.54. The molecule has 0 heterocycles. The summed E-state index contributed by atoms with van der Waals surface area (Å²) in [5.41, 5.74) is 3.14. The second-order valence-electron chi connectivity index (χ2n) is 10.1. The number of phenolic OH excluding ortho intramolecular Hbond substituents is 4. The van der Waals surface area contributed by atoms with Gasteiger partial charge in [0.2, 0.25) is 11.5 Å². The number of aromatic hydroxyl groups is 4. The summed E-state index contributed by atoms with van der Waals surface area (Å²) in [7, 11) is 9.23. The van der Waals surface area contributed by atoms with E-state index in [-0.39, 0.29) is 34.1 Å². The van der Waals surface area contributed by atoms with Crippen molar-refractivity contribution in [3.63, 3.8) is 0 Å². The number of rotatable bonds is 13. The molecule has 4 aromatic carbocycles. The molecule has 0 aromatic heterocycles. The Labute approximate surface area is 256 Å². The molecule has 4 N–H and O–H groups in total. The van der Waals surface area contributed by atoms with Gasteiger partial charge in [0.05, 0.1) is 42.7 Å². The molecule has 0 bridgehead atoms. The molecule has 0 amide bonds. The van der Waals surface area contributed by atoms with Crippen molar-refractivity contribution < 1.29 is 48.8 Å². The normalized spacial score (nSPS) is 10.8. The number of methoxy groups -OCH3 is 6. The van der Waals surface area contributed by atoms with Crippen molar-refractivity contribution in [2.75, 3.05) is 42.7 Å². The highest BCUT2D eigenvalue weighted by atomic mass is 16.5. The van der Waals surface area contributed by atoms with Gasteiger partial charge in [-0.3, -0.25) is 0 Å². The summed E-state index contributed by atoms with van der Waals surface area (Å²) in [6, 6.07) is 13.0. The Morgan fingerprint density at radius 3 is 0.977 bits per heavy atom. The van der Waals surface area contributed by atoms with E-state index < -0.39 is 0 Å². The van der Waals surface area contributed by atoms with Gasteiger partial charge < -0.3 is 48.8 Å². The van der Waals surface area contributed by atoms with Gasteiger partial charge in [-0.2, -0.15) is 0 Å². The first-order valence-electron chi connectivity index (χ1n) is 13.9. The summed E-state index contributed by atoms with van der Waals surface area (Å²) in [6.45, 7) is 0. The number of hydrogen-bond acceptors (Lipinski definition) is 10. The molecular weight excluding hydrogens is 568 g/mol. The van der Waals surface area contributed by atoms with Gasteiger partial charge in [0, 0.05) is 11.1 Å². The molecule has 4 rings (SSSR count). The minimum atomic E-state index is -0.150. The van der Waals surface area contributed by atoms with Crippen LogP contribution in [0.4, 0.5) is 0 Å². The summed E-state index contributed by atoms with van der Waals surface area (Å²) in [5, 5.41) is 43.4. The molecule has 10 nitrogen and oxygen atoms in total. The molecule has 0 atom stereocenters. The van der Waals surface area contributed by atoms with Crippen LogP contribution in [0.1, 0.15) is 22.3 Å². The fourth-order valence-electron chi connectivity index (χ4n) is 5.19. The molecule has 44 heavy (non-hydrogen) atoms. The van der Waals surface area contributed by atoms with Gasteiger partial charge in [-0.15, -0.1) is 0 Å². The van der Waals surface area contributed by atoms with Crippen molar-refractivity contribution in [1.82, 2.24) is 0 Å². The zero-order valence-electron chi connectivity index (χ0n) is 25.7. The monoisotopic (exact) mass is 606 g/mol. The van der Waals surface area contributed by atoms with E-state index in [1.165, 1.54) is 38.5 Å². The molecule has 0 radical (unpaired) electrons. The van der Waals surface area contributed by atoms with E-state index in [4.69, 9.17) is 28.4 Å². The van der Waals surface area contributed by atoms with Gasteiger partial charge in [-0.1, -0.05) is 0 Å². The second kappa shape index (κ2) is 13.9. The molecule has 0 fully saturated rings. The van der Waals surface area contributed by atoms with E-state index in [2.05, 4.69) is 0 Å². The van der Waals surface area contributed by atoms with E-state index in [1.54, 1.807) is 28.4 Å². The lowest BCUT2D eigenvalue weighted by molar-refractivity contribution is 0.323. The minimum Gasteiger partial charge on any atom is -0.508 e. The molecule has 0 aliphatic carbocycles. The van der Waals surface area contributed by atoms with Gasteiger partial charge in [-0.05, 0) is 96.5 Å². The van der Waals surface area contributed by atoms with E-state index in [9.17, 15) is 20.4 Å². The third kappa shape index (κ3) is 6.59. The van der Waals surface area contributed by atoms with Crippen molar-refractivity contribution >= 4 is 0 Å². The fraction of sp³-hybridized carbons (Fsp3) is 0.294. The summed E-state index contributed by atoms with van der Waals surface area (Å²) >= 11 is 0. The van der Waals surface area contributed by atoms with Crippen LogP contribution in [0, 0.1) is 0 Å². The van der Waals surface area contributed by atoms with Crippen molar-refractivity contribution in [2.45, 2.75) is 25.7 Å². The molecular formula is C34H38O10. The van der Waals surface area contributed by atoms with Crippen LogP contribution in [0.5, 0.6) is 57.5 Å². The molecule has 0 saturated carbocycles. The van der Waals surface area contributed by atoms with Gasteiger partial charge >= 0.3 is 0 Å². The largest absolute Gasteiger partial charge is 0.508 e. The third-order valence-corrected chi connectivity index (χ3v) is 7.50. The predicted molar refractivity (Wildman–Crippen MR) is 166 cm³/mol. The topological polar surface area (TPSA) is 136 Å². The molecule has 0 aliphatic heterocycles. The van der Waals surface area contributed by atoms with Gasteiger partial charge in [0.25, 0.3) is 0 Å². The lowest BCUT2D eigenvalue weighted by Gasteiger charge is -2.16. The van der Waals surface area contributed by atoms with Gasteiger partial charge in [0.15, 0.2) is 23.0 Å². The van der Waals surface area contributed by atoms with E-state index in [0.717, 1.165) is 11.1 Å². The van der Waals surface area contributed by atoms with Gasteiger partial charge in [-0.25, -0.2) is 0 Å². The highest BCUT2D eigenvalue weighted by Gasteiger charge is 2.19. The van der Waals surface area contributed by atoms with Crippen molar-refractivity contribution in [3.05, 3.63) is 70.8 Å². The zero-order valence-corrected chi connectivity index (χ0v) is 25.7. The molecule has 0 aliphatic rings. The van der Waals surface area contributed by atoms with Crippen LogP contribution in [0.3, 0.4) is 0 Å². The molecule has 234 valence electrons. The van der Waals surface area contributed by atoms with Crippen LogP contribution in [0.25, 0.3) is 11.1 Å². The first-order valence-corrected chi connectivity index (χ1v) is 13.9. The molecule has 0 spiro atoms. The number of phenols is 4. The highest BCUT2D eigenvalue weighted by Crippen LogP contribution is 2.44. The van der Waals surface area contributed by atoms with Gasteiger partial charge in [0.1, 0.15) is 23.0 Å². The third-order valence-electron chi connectivity index (χ3n) is 7.50. The zero-order chi connectivity index (χ0) is 32.0. The van der Waals surface area contributed by atoms with Crippen LogP contribution in [-0.4, -0.2) is 63.1 Å². The van der Waals surface area contributed by atoms with Crippen LogP contribution < -0.4 is 28.4 Å². The highest BCUT2D eigenvalue weighted by molar-refractivity contribution is 5.79. The van der Waals surface area contributed by atoms with Crippen LogP contribution in [-0.2, 0) is 25.7 Å². The summed E-state index contributed by atoms with van der Waals surface area (Å²) in [4.78, 5) is 0. The van der Waals surface area contributed by atoms with Crippen LogP contribution in [0.15, 0.2) is 48.5 Å². The molecule has 4 aromatic rings. The van der Waals surface area contributed by atoms with E-state index >= 15 is 0 Å². The maximum absolute atomic E-state index is 10.9. The van der Waals surface area contributed by atoms with Crippen molar-refractivity contribution in [1.29, 1.82) is 0 Å². The Morgan fingerprint density at radius 1 is 0.386 bits per heavy atom. The second-order valence-corrected chi connectivity index (χ2v) is 10.1. The Kier molecular flexibility index (Phi) is 10.0. The van der Waals surface area contributed by atoms with Crippen molar-refractivity contribution in [3.8, 4) is 68.6 Å². The standard InChI is InChI=1S/C34H38O10/c1-39-29-11-19(12-30(40-2)33(29)43-5)7-9-21-15-27(37)23(17-25(21)35)24-18-26(36)22(16-28(24)38)10-8-20-13-31(41-3)34(44-6)32(14-20)42-4/h11-18,35-38H,7-10H2,1-6H3. The lowest BCUT2D eigenvalue weighted by atomic mass is 9.95. The number of benzene rings is 4. The summed E-state index contributed by atoms with van der Waals surface area (Å²) < 4.78 is 32.4. The fourth-order valence-corrected chi connectivity index (χ4v) is 5.19. The lowest BCUT2D eigenvalue weighted by Crippen LogP contribution is -1.99. The predicted octanol–water partition coefficient (Wildman–Crippen LogP) is 5.80. The first-order chi connectivity index (χ1) is 21.2. The van der Waals surface area contributed by atoms with E-state index in [1.807, 2.05) is 24.3 Å². The van der Waals surface area contributed by atoms with Crippen LogP contribution >= 0.6 is 0 Å². The first kappa shape index (κ1) is 31.8. The molecule has 10 heteroatoms. The smallest absolute Gasteiger partial charge is 0.203 e. The molecule has 0 saturated heterocycles. The van der Waals surface area contributed by atoms with E-state index in [0.29, 0.717) is 71.3 Å². The summed E-state index contributed by atoms with van der Waals surface area (Å²) in [6.07, 6.45) is 1.82. The SMILES string of the molecule is COc1cc(CCc2cc(O)c(-c3cc(O)c(CCc4cc(OC)c(OC)c(OC)c4)cc3O)cc2O)cc(OC)c1OC. The van der Waals surface area contributed by atoms with Crippen molar-refractivity contribution in [2.24, 2.45) is 0 Å². The molecule has 0 unspecified atom stereocenters.